The highest BCUT2D eigenvalue weighted by atomic mass is 16.3. The molecule has 1 heteroatoms. The zero-order chi connectivity index (χ0) is 13.8. The Bertz CT molecular complexity index is 679. The monoisotopic (exact) mass is 264 g/mol. The second kappa shape index (κ2) is 5.96. The summed E-state index contributed by atoms with van der Waals surface area (Å²) < 4.78 is 5.98. The molecule has 0 aliphatic rings. The number of hydrogen-bond acceptors (Lipinski definition) is 1. The molecular weight excluding hydrogens is 244 g/mol. The average Bonchev–Trinajstić information content (AvgIpc) is 2.90. The van der Waals surface area contributed by atoms with Crippen molar-refractivity contribution in [3.8, 4) is 11.1 Å². The predicted octanol–water partition coefficient (Wildman–Crippen LogP) is 5.83. The number of benzene rings is 2. The standard InChI is InChI=1S/C19H20O/c1-2-3-5-10-18-13-17-12-11-16(14-19(17)20-18)15-8-6-4-7-9-15/h4,6-9,11-14H,2-3,5,10H2,1H3. The lowest BCUT2D eigenvalue weighted by molar-refractivity contribution is 0.531. The van der Waals surface area contributed by atoms with Gasteiger partial charge in [0, 0.05) is 11.8 Å². The minimum atomic E-state index is 0.998. The third kappa shape index (κ3) is 2.77. The number of fused-ring (bicyclic) bond motifs is 1. The van der Waals surface area contributed by atoms with Crippen molar-refractivity contribution >= 4 is 11.0 Å². The third-order valence-corrected chi connectivity index (χ3v) is 3.70. The fraction of sp³-hybridized carbons (Fsp3) is 0.263. The topological polar surface area (TPSA) is 13.1 Å². The van der Waals surface area contributed by atoms with Gasteiger partial charge in [0.25, 0.3) is 0 Å². The van der Waals surface area contributed by atoms with Crippen molar-refractivity contribution in [1.29, 1.82) is 0 Å². The zero-order valence-corrected chi connectivity index (χ0v) is 11.9. The molecule has 1 aromatic heterocycles. The van der Waals surface area contributed by atoms with Gasteiger partial charge in [-0.1, -0.05) is 62.2 Å². The molecule has 3 rings (SSSR count). The fourth-order valence-corrected chi connectivity index (χ4v) is 2.57. The Kier molecular flexibility index (Phi) is 3.87. The van der Waals surface area contributed by atoms with Crippen molar-refractivity contribution in [3.05, 3.63) is 60.4 Å². The van der Waals surface area contributed by atoms with Crippen LogP contribution in [0.15, 0.2) is 59.0 Å². The van der Waals surface area contributed by atoms with Gasteiger partial charge in [-0.2, -0.15) is 0 Å². The Hall–Kier alpha value is -2.02. The SMILES string of the molecule is CCCCCc1cc2ccc(-c3ccccc3)cc2o1. The maximum Gasteiger partial charge on any atom is 0.134 e. The van der Waals surface area contributed by atoms with Crippen LogP contribution >= 0.6 is 0 Å². The Morgan fingerprint density at radius 1 is 0.850 bits per heavy atom. The molecule has 0 aliphatic carbocycles. The third-order valence-electron chi connectivity index (χ3n) is 3.70. The second-order valence-corrected chi connectivity index (χ2v) is 5.29. The van der Waals surface area contributed by atoms with Gasteiger partial charge in [0.05, 0.1) is 0 Å². The van der Waals surface area contributed by atoms with Crippen LogP contribution < -0.4 is 0 Å². The van der Waals surface area contributed by atoms with E-state index >= 15 is 0 Å². The number of furan rings is 1. The van der Waals surface area contributed by atoms with Gasteiger partial charge in [-0.05, 0) is 29.7 Å². The molecule has 0 aliphatic heterocycles. The van der Waals surface area contributed by atoms with Crippen molar-refractivity contribution in [2.24, 2.45) is 0 Å². The second-order valence-electron chi connectivity index (χ2n) is 5.29. The van der Waals surface area contributed by atoms with Crippen molar-refractivity contribution in [2.45, 2.75) is 32.6 Å². The van der Waals surface area contributed by atoms with Crippen LogP contribution in [0.3, 0.4) is 0 Å². The quantitative estimate of drug-likeness (QED) is 0.528. The lowest BCUT2D eigenvalue weighted by atomic mass is 10.0. The highest BCUT2D eigenvalue weighted by molar-refractivity contribution is 5.83. The van der Waals surface area contributed by atoms with Gasteiger partial charge in [-0.3, -0.25) is 0 Å². The fourth-order valence-electron chi connectivity index (χ4n) is 2.57. The van der Waals surface area contributed by atoms with Gasteiger partial charge >= 0.3 is 0 Å². The van der Waals surface area contributed by atoms with E-state index < -0.39 is 0 Å². The molecule has 0 fully saturated rings. The van der Waals surface area contributed by atoms with Crippen LogP contribution in [0.1, 0.15) is 31.9 Å². The van der Waals surface area contributed by atoms with E-state index in [1.165, 1.54) is 35.8 Å². The molecule has 0 amide bonds. The largest absolute Gasteiger partial charge is 0.461 e. The molecule has 0 saturated heterocycles. The molecule has 1 heterocycles. The average molecular weight is 264 g/mol. The molecule has 0 spiro atoms. The highest BCUT2D eigenvalue weighted by Crippen LogP contribution is 2.27. The minimum Gasteiger partial charge on any atom is -0.461 e. The highest BCUT2D eigenvalue weighted by Gasteiger charge is 2.05. The smallest absolute Gasteiger partial charge is 0.134 e. The normalized spacial score (nSPS) is 11.1. The summed E-state index contributed by atoms with van der Waals surface area (Å²) in [5.41, 5.74) is 3.45. The zero-order valence-electron chi connectivity index (χ0n) is 11.9. The van der Waals surface area contributed by atoms with E-state index in [9.17, 15) is 0 Å². The predicted molar refractivity (Wildman–Crippen MR) is 84.9 cm³/mol. The van der Waals surface area contributed by atoms with Gasteiger partial charge in [0.2, 0.25) is 0 Å². The maximum atomic E-state index is 5.98. The Balaban J connectivity index is 1.88. The van der Waals surface area contributed by atoms with Gasteiger partial charge in [-0.25, -0.2) is 0 Å². The molecule has 0 bridgehead atoms. The summed E-state index contributed by atoms with van der Waals surface area (Å²) in [5, 5.41) is 1.20. The van der Waals surface area contributed by atoms with Crippen molar-refractivity contribution in [2.75, 3.05) is 0 Å². The summed E-state index contributed by atoms with van der Waals surface area (Å²) >= 11 is 0. The van der Waals surface area contributed by atoms with Crippen LogP contribution in [0.25, 0.3) is 22.1 Å². The number of hydrogen-bond donors (Lipinski definition) is 0. The summed E-state index contributed by atoms with van der Waals surface area (Å²) in [5.74, 6) is 1.11. The summed E-state index contributed by atoms with van der Waals surface area (Å²) in [7, 11) is 0. The van der Waals surface area contributed by atoms with Crippen LogP contribution in [0.2, 0.25) is 0 Å². The Morgan fingerprint density at radius 3 is 2.50 bits per heavy atom. The molecule has 3 aromatic rings. The van der Waals surface area contributed by atoms with E-state index in [-0.39, 0.29) is 0 Å². The Morgan fingerprint density at radius 2 is 1.70 bits per heavy atom. The lowest BCUT2D eigenvalue weighted by Gasteiger charge is -2.00. The molecule has 0 radical (unpaired) electrons. The van der Waals surface area contributed by atoms with E-state index in [0.717, 1.165) is 17.8 Å². The summed E-state index contributed by atoms with van der Waals surface area (Å²) in [4.78, 5) is 0. The molecule has 20 heavy (non-hydrogen) atoms. The van der Waals surface area contributed by atoms with Gasteiger partial charge in [0.15, 0.2) is 0 Å². The van der Waals surface area contributed by atoms with E-state index in [4.69, 9.17) is 4.42 Å². The molecule has 2 aromatic carbocycles. The van der Waals surface area contributed by atoms with Gasteiger partial charge < -0.3 is 4.42 Å². The van der Waals surface area contributed by atoms with Gasteiger partial charge in [-0.15, -0.1) is 0 Å². The number of aryl methyl sites for hydroxylation is 1. The van der Waals surface area contributed by atoms with Crippen LogP contribution in [-0.2, 0) is 6.42 Å². The molecule has 102 valence electrons. The van der Waals surface area contributed by atoms with Crippen molar-refractivity contribution < 1.29 is 4.42 Å². The molecule has 1 nitrogen and oxygen atoms in total. The number of rotatable bonds is 5. The first kappa shape index (κ1) is 13.0. The first-order valence-electron chi connectivity index (χ1n) is 7.44. The summed E-state index contributed by atoms with van der Waals surface area (Å²) in [6.07, 6.45) is 4.77. The number of unbranched alkanes of at least 4 members (excludes halogenated alkanes) is 2. The van der Waals surface area contributed by atoms with Crippen molar-refractivity contribution in [1.82, 2.24) is 0 Å². The Labute approximate surface area is 120 Å². The van der Waals surface area contributed by atoms with E-state index in [2.05, 4.69) is 55.5 Å². The summed E-state index contributed by atoms with van der Waals surface area (Å²) in [6, 6.07) is 19.1. The summed E-state index contributed by atoms with van der Waals surface area (Å²) in [6.45, 7) is 2.23. The molecular formula is C19H20O. The lowest BCUT2D eigenvalue weighted by Crippen LogP contribution is -1.80. The van der Waals surface area contributed by atoms with E-state index in [0.29, 0.717) is 0 Å². The van der Waals surface area contributed by atoms with Crippen LogP contribution in [0, 0.1) is 0 Å². The van der Waals surface area contributed by atoms with Crippen LogP contribution in [0.4, 0.5) is 0 Å². The van der Waals surface area contributed by atoms with Crippen molar-refractivity contribution in [3.63, 3.8) is 0 Å². The van der Waals surface area contributed by atoms with E-state index in [1.807, 2.05) is 6.07 Å². The molecule has 0 N–H and O–H groups in total. The van der Waals surface area contributed by atoms with Crippen LogP contribution in [0.5, 0.6) is 0 Å². The maximum absolute atomic E-state index is 5.98. The van der Waals surface area contributed by atoms with E-state index in [1.54, 1.807) is 0 Å². The molecule has 0 saturated carbocycles. The molecule has 0 atom stereocenters. The molecule has 0 unspecified atom stereocenters. The first-order chi connectivity index (χ1) is 9.86. The first-order valence-corrected chi connectivity index (χ1v) is 7.44. The van der Waals surface area contributed by atoms with Crippen LogP contribution in [-0.4, -0.2) is 0 Å². The van der Waals surface area contributed by atoms with Gasteiger partial charge in [0.1, 0.15) is 11.3 Å². The minimum absolute atomic E-state index is 0.998.